The Morgan fingerprint density at radius 2 is 1.86 bits per heavy atom. The van der Waals surface area contributed by atoms with Crippen molar-refractivity contribution in [3.8, 4) is 0 Å². The summed E-state index contributed by atoms with van der Waals surface area (Å²) >= 11 is 0. The van der Waals surface area contributed by atoms with E-state index in [4.69, 9.17) is 4.74 Å². The van der Waals surface area contributed by atoms with Gasteiger partial charge in [0.15, 0.2) is 0 Å². The molecule has 0 unspecified atom stereocenters. The van der Waals surface area contributed by atoms with Crippen molar-refractivity contribution in [2.45, 2.75) is 38.4 Å². The van der Waals surface area contributed by atoms with E-state index in [0.29, 0.717) is 5.92 Å². The maximum absolute atomic E-state index is 5.57. The van der Waals surface area contributed by atoms with E-state index in [9.17, 15) is 0 Å². The van der Waals surface area contributed by atoms with Crippen molar-refractivity contribution in [1.29, 1.82) is 0 Å². The highest BCUT2D eigenvalue weighted by Gasteiger charge is 2.21. The number of benzene rings is 2. The van der Waals surface area contributed by atoms with Gasteiger partial charge in [0.25, 0.3) is 0 Å². The number of pyridine rings is 1. The molecule has 1 aliphatic carbocycles. The Hall–Kier alpha value is -2.85. The first-order valence-electron chi connectivity index (χ1n) is 10.5. The second kappa shape index (κ2) is 7.88. The van der Waals surface area contributed by atoms with Crippen LogP contribution in [0.25, 0.3) is 0 Å². The van der Waals surface area contributed by atoms with E-state index in [1.807, 2.05) is 18.5 Å². The highest BCUT2D eigenvalue weighted by molar-refractivity contribution is 5.65. The molecule has 1 aromatic heterocycles. The summed E-state index contributed by atoms with van der Waals surface area (Å²) in [6, 6.07) is 17.7. The lowest BCUT2D eigenvalue weighted by Crippen LogP contribution is -2.19. The highest BCUT2D eigenvalue weighted by atomic mass is 16.5. The molecule has 4 heteroatoms. The predicted octanol–water partition coefficient (Wildman–Crippen LogP) is 5.41. The van der Waals surface area contributed by atoms with Crippen LogP contribution < -0.4 is 10.2 Å². The molecule has 0 saturated carbocycles. The van der Waals surface area contributed by atoms with Crippen LogP contribution in [0.15, 0.2) is 60.9 Å². The smallest absolute Gasteiger partial charge is 0.0725 e. The molecule has 148 valence electrons. The zero-order chi connectivity index (χ0) is 19.6. The van der Waals surface area contributed by atoms with Gasteiger partial charge >= 0.3 is 0 Å². The molecule has 1 aliphatic heterocycles. The largest absolute Gasteiger partial charge is 0.383 e. The van der Waals surface area contributed by atoms with Crippen molar-refractivity contribution in [3.05, 3.63) is 83.2 Å². The number of anilines is 3. The Balaban J connectivity index is 1.35. The third kappa shape index (κ3) is 3.73. The van der Waals surface area contributed by atoms with Gasteiger partial charge in [0.05, 0.1) is 18.9 Å². The number of aryl methyl sites for hydroxylation is 1. The molecule has 3 aromatic rings. The first kappa shape index (κ1) is 18.2. The first-order chi connectivity index (χ1) is 14.3. The average Bonchev–Trinajstić information content (AvgIpc) is 3.25. The van der Waals surface area contributed by atoms with E-state index in [1.54, 1.807) is 0 Å². The molecule has 0 radical (unpaired) electrons. The van der Waals surface area contributed by atoms with Gasteiger partial charge in [-0.1, -0.05) is 12.1 Å². The topological polar surface area (TPSA) is 37.4 Å². The second-order valence-electron chi connectivity index (χ2n) is 8.10. The van der Waals surface area contributed by atoms with Gasteiger partial charge in [0, 0.05) is 43.3 Å². The molecule has 2 heterocycles. The van der Waals surface area contributed by atoms with Gasteiger partial charge in [-0.15, -0.1) is 0 Å². The maximum Gasteiger partial charge on any atom is 0.0725 e. The summed E-state index contributed by atoms with van der Waals surface area (Å²) in [4.78, 5) is 6.49. The van der Waals surface area contributed by atoms with Crippen molar-refractivity contribution < 1.29 is 4.74 Å². The molecule has 5 rings (SSSR count). The first-order valence-corrected chi connectivity index (χ1v) is 10.5. The SMILES string of the molecule is CN(c1ccc2c(c1)COC2)c1ccc2c(c1)CCC[C@H]2CNc1cccnc1. The molecule has 2 aromatic carbocycles. The number of nitrogens with zero attached hydrogens (tertiary/aromatic N) is 2. The zero-order valence-electron chi connectivity index (χ0n) is 16.9. The Morgan fingerprint density at radius 1 is 1.03 bits per heavy atom. The standard InChI is InChI=1S/C25H27N3O/c1-28(23-8-7-20-16-29-17-21(20)13-23)24-9-10-25-18(12-24)4-2-5-19(25)14-27-22-6-3-11-26-15-22/h3,6-13,15,19,27H,2,4-5,14,16-17H2,1H3/t19-/m0/s1. The van der Waals surface area contributed by atoms with Crippen molar-refractivity contribution >= 4 is 17.1 Å². The minimum Gasteiger partial charge on any atom is -0.383 e. The number of nitrogens with one attached hydrogen (secondary N) is 1. The molecule has 0 saturated heterocycles. The lowest BCUT2D eigenvalue weighted by Gasteiger charge is -2.28. The summed E-state index contributed by atoms with van der Waals surface area (Å²) in [5.41, 5.74) is 9.18. The molecular formula is C25H27N3O. The van der Waals surface area contributed by atoms with Crippen molar-refractivity contribution in [1.82, 2.24) is 4.98 Å². The Labute approximate surface area is 172 Å². The van der Waals surface area contributed by atoms with Gasteiger partial charge in [-0.2, -0.15) is 0 Å². The highest BCUT2D eigenvalue weighted by Crippen LogP contribution is 2.36. The molecular weight excluding hydrogens is 358 g/mol. The number of rotatable bonds is 5. The summed E-state index contributed by atoms with van der Waals surface area (Å²) in [5.74, 6) is 0.551. The monoisotopic (exact) mass is 385 g/mol. The van der Waals surface area contributed by atoms with Crippen LogP contribution in [0.3, 0.4) is 0 Å². The average molecular weight is 386 g/mol. The molecule has 0 amide bonds. The number of aromatic nitrogens is 1. The lowest BCUT2D eigenvalue weighted by molar-refractivity contribution is 0.134. The van der Waals surface area contributed by atoms with Crippen LogP contribution in [-0.2, 0) is 24.4 Å². The molecule has 29 heavy (non-hydrogen) atoms. The number of hydrogen-bond donors (Lipinski definition) is 1. The minimum atomic E-state index is 0.551. The maximum atomic E-state index is 5.57. The molecule has 1 N–H and O–H groups in total. The quantitative estimate of drug-likeness (QED) is 0.637. The second-order valence-corrected chi connectivity index (χ2v) is 8.10. The number of fused-ring (bicyclic) bond motifs is 2. The van der Waals surface area contributed by atoms with Crippen molar-refractivity contribution in [2.24, 2.45) is 0 Å². The Kier molecular flexibility index (Phi) is 4.94. The van der Waals surface area contributed by atoms with E-state index in [-0.39, 0.29) is 0 Å². The normalized spacial score (nSPS) is 17.5. The number of hydrogen-bond acceptors (Lipinski definition) is 4. The lowest BCUT2D eigenvalue weighted by atomic mass is 9.82. The summed E-state index contributed by atoms with van der Waals surface area (Å²) in [5, 5.41) is 3.56. The molecule has 2 aliphatic rings. The van der Waals surface area contributed by atoms with Gasteiger partial charge in [-0.3, -0.25) is 4.98 Å². The van der Waals surface area contributed by atoms with Crippen molar-refractivity contribution in [3.63, 3.8) is 0 Å². The summed E-state index contributed by atoms with van der Waals surface area (Å²) < 4.78 is 5.57. The predicted molar refractivity (Wildman–Crippen MR) is 118 cm³/mol. The number of ether oxygens (including phenoxy) is 1. The fraction of sp³-hybridized carbons (Fsp3) is 0.320. The van der Waals surface area contributed by atoms with Crippen LogP contribution in [0.1, 0.15) is 41.0 Å². The zero-order valence-corrected chi connectivity index (χ0v) is 16.9. The van der Waals surface area contributed by atoms with Crippen LogP contribution in [0, 0.1) is 0 Å². The van der Waals surface area contributed by atoms with Gasteiger partial charge in [0.2, 0.25) is 0 Å². The fourth-order valence-corrected chi connectivity index (χ4v) is 4.55. The van der Waals surface area contributed by atoms with E-state index in [0.717, 1.165) is 25.4 Å². The van der Waals surface area contributed by atoms with Crippen LogP contribution >= 0.6 is 0 Å². The molecule has 0 bridgehead atoms. The summed E-state index contributed by atoms with van der Waals surface area (Å²) in [6.45, 7) is 2.43. The molecule has 1 atom stereocenters. The van der Waals surface area contributed by atoms with E-state index < -0.39 is 0 Å². The molecule has 0 fully saturated rings. The third-order valence-corrected chi connectivity index (χ3v) is 6.26. The summed E-state index contributed by atoms with van der Waals surface area (Å²) in [7, 11) is 2.16. The Bertz CT molecular complexity index is 1000. The van der Waals surface area contributed by atoms with Gasteiger partial charge in [-0.25, -0.2) is 0 Å². The van der Waals surface area contributed by atoms with Crippen LogP contribution in [0.5, 0.6) is 0 Å². The van der Waals surface area contributed by atoms with Crippen LogP contribution in [0.2, 0.25) is 0 Å². The van der Waals surface area contributed by atoms with Crippen molar-refractivity contribution in [2.75, 3.05) is 23.8 Å². The van der Waals surface area contributed by atoms with Gasteiger partial charge < -0.3 is 15.0 Å². The third-order valence-electron chi connectivity index (χ3n) is 6.26. The van der Waals surface area contributed by atoms with Gasteiger partial charge in [0.1, 0.15) is 0 Å². The molecule has 4 nitrogen and oxygen atoms in total. The van der Waals surface area contributed by atoms with Crippen LogP contribution in [0.4, 0.5) is 17.1 Å². The summed E-state index contributed by atoms with van der Waals surface area (Å²) in [6.07, 6.45) is 7.35. The Morgan fingerprint density at radius 3 is 2.72 bits per heavy atom. The van der Waals surface area contributed by atoms with Crippen LogP contribution in [-0.4, -0.2) is 18.6 Å². The van der Waals surface area contributed by atoms with E-state index >= 15 is 0 Å². The minimum absolute atomic E-state index is 0.551. The van der Waals surface area contributed by atoms with Gasteiger partial charge in [-0.05, 0) is 77.9 Å². The van der Waals surface area contributed by atoms with E-state index in [1.165, 1.54) is 52.9 Å². The van der Waals surface area contributed by atoms with E-state index in [2.05, 4.69) is 64.7 Å². The fourth-order valence-electron chi connectivity index (χ4n) is 4.55. The molecule has 0 spiro atoms.